The number of benzene rings is 1. The number of thiophene rings is 1. The second-order valence-corrected chi connectivity index (χ2v) is 3.88. The molecule has 13 heavy (non-hydrogen) atoms. The highest BCUT2D eigenvalue weighted by Crippen LogP contribution is 2.21. The summed E-state index contributed by atoms with van der Waals surface area (Å²) in [6.45, 7) is 0. The second kappa shape index (κ2) is 3.18. The lowest BCUT2D eigenvalue weighted by Crippen LogP contribution is -2.13. The van der Waals surface area contributed by atoms with Crippen LogP contribution in [0.5, 0.6) is 0 Å². The standard InChI is InChI=1S/C10H9NOS/c11-10(12)6-7-1-2-9-8(5-7)3-4-13-9/h1-5H,6H2,(H2,11,12). The van der Waals surface area contributed by atoms with Crippen molar-refractivity contribution in [3.8, 4) is 0 Å². The Labute approximate surface area is 80.0 Å². The van der Waals surface area contributed by atoms with E-state index in [0.717, 1.165) is 5.56 Å². The molecule has 2 N–H and O–H groups in total. The smallest absolute Gasteiger partial charge is 0.221 e. The molecule has 0 saturated heterocycles. The maximum atomic E-state index is 10.7. The summed E-state index contributed by atoms with van der Waals surface area (Å²) in [5.41, 5.74) is 6.09. The van der Waals surface area contributed by atoms with E-state index in [1.807, 2.05) is 29.6 Å². The monoisotopic (exact) mass is 191 g/mol. The van der Waals surface area contributed by atoms with Crippen molar-refractivity contribution in [2.24, 2.45) is 5.73 Å². The number of nitrogens with two attached hydrogens (primary N) is 1. The largest absolute Gasteiger partial charge is 0.369 e. The van der Waals surface area contributed by atoms with E-state index in [1.165, 1.54) is 10.1 Å². The summed E-state index contributed by atoms with van der Waals surface area (Å²) in [7, 11) is 0. The van der Waals surface area contributed by atoms with Crippen molar-refractivity contribution in [3.63, 3.8) is 0 Å². The van der Waals surface area contributed by atoms with Gasteiger partial charge in [-0.2, -0.15) is 0 Å². The molecule has 2 nitrogen and oxygen atoms in total. The fourth-order valence-electron chi connectivity index (χ4n) is 1.33. The van der Waals surface area contributed by atoms with Crippen molar-refractivity contribution in [2.75, 3.05) is 0 Å². The number of hydrogen-bond donors (Lipinski definition) is 1. The molecule has 0 atom stereocenters. The Morgan fingerprint density at radius 2 is 2.23 bits per heavy atom. The van der Waals surface area contributed by atoms with Crippen LogP contribution >= 0.6 is 11.3 Å². The molecule has 0 saturated carbocycles. The quantitative estimate of drug-likeness (QED) is 0.774. The summed E-state index contributed by atoms with van der Waals surface area (Å²) in [4.78, 5) is 10.7. The van der Waals surface area contributed by atoms with Crippen molar-refractivity contribution < 1.29 is 4.79 Å². The van der Waals surface area contributed by atoms with Crippen molar-refractivity contribution in [2.45, 2.75) is 6.42 Å². The molecule has 0 aliphatic carbocycles. The predicted octanol–water partition coefficient (Wildman–Crippen LogP) is 1.93. The van der Waals surface area contributed by atoms with Gasteiger partial charge in [0.1, 0.15) is 0 Å². The number of primary amides is 1. The van der Waals surface area contributed by atoms with Gasteiger partial charge in [-0.15, -0.1) is 11.3 Å². The van der Waals surface area contributed by atoms with E-state index in [0.29, 0.717) is 6.42 Å². The summed E-state index contributed by atoms with van der Waals surface area (Å²) in [6, 6.07) is 8.03. The van der Waals surface area contributed by atoms with Crippen molar-refractivity contribution in [3.05, 3.63) is 35.2 Å². The molecule has 0 aliphatic heterocycles. The maximum absolute atomic E-state index is 10.7. The minimum atomic E-state index is -0.283. The number of amides is 1. The first-order valence-corrected chi connectivity index (χ1v) is 4.88. The van der Waals surface area contributed by atoms with Gasteiger partial charge in [-0.1, -0.05) is 6.07 Å². The molecule has 0 unspecified atom stereocenters. The molecule has 0 fully saturated rings. The highest BCUT2D eigenvalue weighted by Gasteiger charge is 2.00. The van der Waals surface area contributed by atoms with Gasteiger partial charge in [0, 0.05) is 4.70 Å². The van der Waals surface area contributed by atoms with Crippen LogP contribution in [0.1, 0.15) is 5.56 Å². The van der Waals surface area contributed by atoms with Gasteiger partial charge in [0.25, 0.3) is 0 Å². The summed E-state index contributed by atoms with van der Waals surface area (Å²) in [6.07, 6.45) is 0.325. The van der Waals surface area contributed by atoms with Crippen LogP contribution in [-0.4, -0.2) is 5.91 Å². The zero-order valence-electron chi connectivity index (χ0n) is 6.99. The van der Waals surface area contributed by atoms with Gasteiger partial charge >= 0.3 is 0 Å². The Bertz CT molecular complexity index is 447. The van der Waals surface area contributed by atoms with Crippen molar-refractivity contribution in [1.29, 1.82) is 0 Å². The first-order valence-electron chi connectivity index (χ1n) is 4.00. The van der Waals surface area contributed by atoms with E-state index in [9.17, 15) is 4.79 Å². The van der Waals surface area contributed by atoms with Gasteiger partial charge in [-0.25, -0.2) is 0 Å². The number of fused-ring (bicyclic) bond motifs is 1. The van der Waals surface area contributed by atoms with Crippen LogP contribution in [0.15, 0.2) is 29.6 Å². The SMILES string of the molecule is NC(=O)Cc1ccc2sccc2c1. The summed E-state index contributed by atoms with van der Waals surface area (Å²) >= 11 is 1.70. The molecule has 2 rings (SSSR count). The van der Waals surface area contributed by atoms with E-state index >= 15 is 0 Å². The van der Waals surface area contributed by atoms with Crippen molar-refractivity contribution in [1.82, 2.24) is 0 Å². The number of rotatable bonds is 2. The molecule has 3 heteroatoms. The molecule has 0 spiro atoms. The van der Waals surface area contributed by atoms with Crippen LogP contribution in [-0.2, 0) is 11.2 Å². The van der Waals surface area contributed by atoms with Gasteiger partial charge < -0.3 is 5.73 Å². The van der Waals surface area contributed by atoms with Crippen LogP contribution in [0.2, 0.25) is 0 Å². The number of hydrogen-bond acceptors (Lipinski definition) is 2. The lowest BCUT2D eigenvalue weighted by Gasteiger charge is -1.96. The predicted molar refractivity (Wildman–Crippen MR) is 54.7 cm³/mol. The molecular formula is C10H9NOS. The first-order chi connectivity index (χ1) is 6.25. The minimum absolute atomic E-state index is 0.283. The highest BCUT2D eigenvalue weighted by atomic mass is 32.1. The van der Waals surface area contributed by atoms with Gasteiger partial charge in [0.15, 0.2) is 0 Å². The lowest BCUT2D eigenvalue weighted by atomic mass is 10.1. The Morgan fingerprint density at radius 1 is 1.38 bits per heavy atom. The molecule has 1 aromatic carbocycles. The number of carbonyl (C=O) groups excluding carboxylic acids is 1. The van der Waals surface area contributed by atoms with Crippen LogP contribution in [0.4, 0.5) is 0 Å². The summed E-state index contributed by atoms with van der Waals surface area (Å²) in [5.74, 6) is -0.283. The van der Waals surface area contributed by atoms with Crippen LogP contribution in [0, 0.1) is 0 Å². The molecule has 1 heterocycles. The van der Waals surface area contributed by atoms with Crippen LogP contribution in [0.25, 0.3) is 10.1 Å². The second-order valence-electron chi connectivity index (χ2n) is 2.94. The zero-order valence-corrected chi connectivity index (χ0v) is 7.80. The third-order valence-electron chi connectivity index (χ3n) is 1.90. The Kier molecular flexibility index (Phi) is 2.02. The fraction of sp³-hybridized carbons (Fsp3) is 0.100. The van der Waals surface area contributed by atoms with Gasteiger partial charge in [-0.05, 0) is 34.5 Å². The molecule has 66 valence electrons. The van der Waals surface area contributed by atoms with E-state index in [4.69, 9.17) is 5.73 Å². The van der Waals surface area contributed by atoms with Crippen LogP contribution in [0.3, 0.4) is 0 Å². The fourth-order valence-corrected chi connectivity index (χ4v) is 2.10. The van der Waals surface area contributed by atoms with E-state index in [-0.39, 0.29) is 5.91 Å². The zero-order chi connectivity index (χ0) is 9.26. The average Bonchev–Trinajstić information content (AvgIpc) is 2.49. The molecule has 0 bridgehead atoms. The van der Waals surface area contributed by atoms with E-state index in [1.54, 1.807) is 11.3 Å². The molecular weight excluding hydrogens is 182 g/mol. The molecule has 2 aromatic rings. The van der Waals surface area contributed by atoms with Gasteiger partial charge in [0.2, 0.25) is 5.91 Å². The molecule has 1 aromatic heterocycles. The maximum Gasteiger partial charge on any atom is 0.221 e. The topological polar surface area (TPSA) is 43.1 Å². The Hall–Kier alpha value is -1.35. The first kappa shape index (κ1) is 8.26. The summed E-state index contributed by atoms with van der Waals surface area (Å²) in [5, 5.41) is 3.22. The van der Waals surface area contributed by atoms with E-state index in [2.05, 4.69) is 0 Å². The Morgan fingerprint density at radius 3 is 3.00 bits per heavy atom. The summed E-state index contributed by atoms with van der Waals surface area (Å²) < 4.78 is 1.24. The molecule has 1 amide bonds. The molecule has 0 radical (unpaired) electrons. The number of carbonyl (C=O) groups is 1. The third-order valence-corrected chi connectivity index (χ3v) is 2.79. The Balaban J connectivity index is 2.42. The lowest BCUT2D eigenvalue weighted by molar-refractivity contribution is -0.117. The van der Waals surface area contributed by atoms with Crippen LogP contribution < -0.4 is 5.73 Å². The molecule has 0 aliphatic rings. The third kappa shape index (κ3) is 1.70. The van der Waals surface area contributed by atoms with Gasteiger partial charge in [0.05, 0.1) is 6.42 Å². The van der Waals surface area contributed by atoms with Crippen molar-refractivity contribution >= 4 is 27.3 Å². The highest BCUT2D eigenvalue weighted by molar-refractivity contribution is 7.17. The normalized spacial score (nSPS) is 10.5. The van der Waals surface area contributed by atoms with E-state index < -0.39 is 0 Å². The average molecular weight is 191 g/mol. The van der Waals surface area contributed by atoms with Gasteiger partial charge in [-0.3, -0.25) is 4.79 Å². The minimum Gasteiger partial charge on any atom is -0.369 e.